The number of carbonyl (C=O) groups excluding carboxylic acids is 1. The number of nitrogens with zero attached hydrogens (tertiary/aromatic N) is 1. The number of rotatable bonds is 5. The number of imidazole rings is 1. The number of aromatic amines is 1. The quantitative estimate of drug-likeness (QED) is 0.723. The second-order valence-electron chi connectivity index (χ2n) is 6.08. The van der Waals surface area contributed by atoms with Crippen LogP contribution in [0.3, 0.4) is 0 Å². The van der Waals surface area contributed by atoms with Crippen LogP contribution < -0.4 is 5.32 Å². The lowest BCUT2D eigenvalue weighted by molar-refractivity contribution is 0.0915. The van der Waals surface area contributed by atoms with E-state index in [4.69, 9.17) is 0 Å². The molecule has 3 rings (SSSR count). The van der Waals surface area contributed by atoms with Crippen molar-refractivity contribution in [1.82, 2.24) is 15.3 Å². The van der Waals surface area contributed by atoms with Gasteiger partial charge in [-0.2, -0.15) is 0 Å². The summed E-state index contributed by atoms with van der Waals surface area (Å²) in [6.45, 7) is 3.97. The van der Waals surface area contributed by atoms with Crippen LogP contribution in [0, 0.1) is 17.6 Å². The Morgan fingerprint density at radius 1 is 1.20 bits per heavy atom. The summed E-state index contributed by atoms with van der Waals surface area (Å²) in [6, 6.07) is 10.7. The summed E-state index contributed by atoms with van der Waals surface area (Å²) in [5.74, 6) is -2.20. The fourth-order valence-electron chi connectivity index (χ4n) is 2.73. The molecule has 1 aromatic heterocycles. The largest absolute Gasteiger partial charge is 0.342 e. The molecule has 4 nitrogen and oxygen atoms in total. The Morgan fingerprint density at radius 3 is 2.68 bits per heavy atom. The molecule has 6 heteroatoms. The fraction of sp³-hybridized carbons (Fsp3) is 0.263. The molecule has 1 amide bonds. The molecule has 130 valence electrons. The van der Waals surface area contributed by atoms with Crippen LogP contribution in [-0.2, 0) is 0 Å². The predicted octanol–water partition coefficient (Wildman–Crippen LogP) is 4.36. The average Bonchev–Trinajstić information content (AvgIpc) is 3.04. The van der Waals surface area contributed by atoms with E-state index in [1.807, 2.05) is 38.1 Å². The third kappa shape index (κ3) is 3.38. The van der Waals surface area contributed by atoms with Gasteiger partial charge in [-0.25, -0.2) is 13.8 Å². The minimum absolute atomic E-state index is 0.0566. The molecule has 0 fully saturated rings. The van der Waals surface area contributed by atoms with Gasteiger partial charge in [0.05, 0.1) is 22.6 Å². The number of carbonyl (C=O) groups is 1. The van der Waals surface area contributed by atoms with Gasteiger partial charge in [0.2, 0.25) is 0 Å². The smallest absolute Gasteiger partial charge is 0.254 e. The van der Waals surface area contributed by atoms with Gasteiger partial charge in [-0.15, -0.1) is 0 Å². The molecule has 2 atom stereocenters. The molecule has 0 aliphatic heterocycles. The highest BCUT2D eigenvalue weighted by molar-refractivity contribution is 5.94. The standard InChI is InChI=1S/C19H19F2N3O/c1-3-11(2)17(18-22-14-9-4-5-10-15(14)23-18)24-19(25)12-7-6-8-13(20)16(12)21/h4-11,17H,3H2,1-2H3,(H,22,23)(H,24,25). The number of hydrogen-bond donors (Lipinski definition) is 2. The van der Waals surface area contributed by atoms with Crippen LogP contribution >= 0.6 is 0 Å². The van der Waals surface area contributed by atoms with Crippen molar-refractivity contribution >= 4 is 16.9 Å². The Bertz CT molecular complexity index is 874. The molecule has 2 unspecified atom stereocenters. The molecule has 0 saturated carbocycles. The maximum Gasteiger partial charge on any atom is 0.254 e. The van der Waals surface area contributed by atoms with Gasteiger partial charge in [-0.1, -0.05) is 38.5 Å². The maximum absolute atomic E-state index is 13.9. The number of benzene rings is 2. The molecule has 2 N–H and O–H groups in total. The number of H-pyrrole nitrogens is 1. The first-order valence-corrected chi connectivity index (χ1v) is 8.20. The van der Waals surface area contributed by atoms with Crippen molar-refractivity contribution in [1.29, 1.82) is 0 Å². The lowest BCUT2D eigenvalue weighted by atomic mass is 9.98. The van der Waals surface area contributed by atoms with E-state index in [9.17, 15) is 13.6 Å². The predicted molar refractivity (Wildman–Crippen MR) is 92.1 cm³/mol. The van der Waals surface area contributed by atoms with Crippen LogP contribution in [0.5, 0.6) is 0 Å². The van der Waals surface area contributed by atoms with E-state index in [-0.39, 0.29) is 11.5 Å². The number of amides is 1. The summed E-state index contributed by atoms with van der Waals surface area (Å²) in [5, 5.41) is 2.79. The SMILES string of the molecule is CCC(C)C(NC(=O)c1cccc(F)c1F)c1nc2ccccc2[nH]1. The first kappa shape index (κ1) is 17.1. The zero-order valence-electron chi connectivity index (χ0n) is 14.0. The van der Waals surface area contributed by atoms with Gasteiger partial charge in [0.1, 0.15) is 5.82 Å². The lowest BCUT2D eigenvalue weighted by Gasteiger charge is -2.22. The average molecular weight is 343 g/mol. The van der Waals surface area contributed by atoms with Crippen molar-refractivity contribution < 1.29 is 13.6 Å². The molecule has 0 radical (unpaired) electrons. The van der Waals surface area contributed by atoms with Crippen molar-refractivity contribution in [3.8, 4) is 0 Å². The van der Waals surface area contributed by atoms with Crippen molar-refractivity contribution in [3.05, 3.63) is 65.5 Å². The third-order valence-corrected chi connectivity index (χ3v) is 4.40. The fourth-order valence-corrected chi connectivity index (χ4v) is 2.73. The van der Waals surface area contributed by atoms with Crippen LogP contribution in [0.25, 0.3) is 11.0 Å². The highest BCUT2D eigenvalue weighted by Crippen LogP contribution is 2.25. The van der Waals surface area contributed by atoms with E-state index in [2.05, 4.69) is 15.3 Å². The van der Waals surface area contributed by atoms with Gasteiger partial charge in [0.15, 0.2) is 11.6 Å². The molecule has 0 spiro atoms. The number of halogens is 2. The second kappa shape index (κ2) is 7.01. The summed E-state index contributed by atoms with van der Waals surface area (Å²) in [6.07, 6.45) is 0.785. The molecule has 2 aromatic carbocycles. The minimum Gasteiger partial charge on any atom is -0.342 e. The molecule has 0 aliphatic carbocycles. The zero-order valence-corrected chi connectivity index (χ0v) is 14.0. The van der Waals surface area contributed by atoms with Crippen molar-refractivity contribution in [2.75, 3.05) is 0 Å². The first-order chi connectivity index (χ1) is 12.0. The van der Waals surface area contributed by atoms with Crippen molar-refractivity contribution in [3.63, 3.8) is 0 Å². The highest BCUT2D eigenvalue weighted by atomic mass is 19.2. The minimum atomic E-state index is -1.15. The third-order valence-electron chi connectivity index (χ3n) is 4.40. The molecule has 0 bridgehead atoms. The number of fused-ring (bicyclic) bond motifs is 1. The number of aromatic nitrogens is 2. The van der Waals surface area contributed by atoms with Crippen LogP contribution in [0.4, 0.5) is 8.78 Å². The molecular weight excluding hydrogens is 324 g/mol. The normalized spacial score (nSPS) is 13.6. The van der Waals surface area contributed by atoms with Gasteiger partial charge in [0.25, 0.3) is 5.91 Å². The molecule has 25 heavy (non-hydrogen) atoms. The topological polar surface area (TPSA) is 57.8 Å². The van der Waals surface area contributed by atoms with Gasteiger partial charge in [0, 0.05) is 0 Å². The Hall–Kier alpha value is -2.76. The highest BCUT2D eigenvalue weighted by Gasteiger charge is 2.25. The van der Waals surface area contributed by atoms with E-state index < -0.39 is 23.6 Å². The van der Waals surface area contributed by atoms with E-state index in [1.54, 1.807) is 0 Å². The Morgan fingerprint density at radius 2 is 1.96 bits per heavy atom. The molecule has 0 aliphatic rings. The van der Waals surface area contributed by atoms with Crippen molar-refractivity contribution in [2.45, 2.75) is 26.3 Å². The summed E-state index contributed by atoms with van der Waals surface area (Å²) in [5.41, 5.74) is 1.33. The van der Waals surface area contributed by atoms with E-state index in [0.717, 1.165) is 23.5 Å². The second-order valence-corrected chi connectivity index (χ2v) is 6.08. The molecule has 0 saturated heterocycles. The number of hydrogen-bond acceptors (Lipinski definition) is 2. The van der Waals surface area contributed by atoms with Gasteiger partial charge in [-0.3, -0.25) is 4.79 Å². The molecule has 3 aromatic rings. The van der Waals surface area contributed by atoms with E-state index >= 15 is 0 Å². The summed E-state index contributed by atoms with van der Waals surface area (Å²) < 4.78 is 27.3. The van der Waals surface area contributed by atoms with Crippen LogP contribution in [0.2, 0.25) is 0 Å². The van der Waals surface area contributed by atoms with E-state index in [1.165, 1.54) is 12.1 Å². The van der Waals surface area contributed by atoms with Crippen molar-refractivity contribution in [2.24, 2.45) is 5.92 Å². The molecule has 1 heterocycles. The summed E-state index contributed by atoms with van der Waals surface area (Å²) >= 11 is 0. The number of nitrogens with one attached hydrogen (secondary N) is 2. The Labute approximate surface area is 144 Å². The zero-order chi connectivity index (χ0) is 18.0. The first-order valence-electron chi connectivity index (χ1n) is 8.20. The van der Waals surface area contributed by atoms with Gasteiger partial charge >= 0.3 is 0 Å². The summed E-state index contributed by atoms with van der Waals surface area (Å²) in [7, 11) is 0. The molecular formula is C19H19F2N3O. The summed E-state index contributed by atoms with van der Waals surface area (Å²) in [4.78, 5) is 20.2. The Balaban J connectivity index is 1.93. The van der Waals surface area contributed by atoms with E-state index in [0.29, 0.717) is 5.82 Å². The Kier molecular flexibility index (Phi) is 4.79. The van der Waals surface area contributed by atoms with Crippen LogP contribution in [0.1, 0.15) is 42.5 Å². The van der Waals surface area contributed by atoms with Gasteiger partial charge < -0.3 is 10.3 Å². The van der Waals surface area contributed by atoms with Crippen LogP contribution in [-0.4, -0.2) is 15.9 Å². The van der Waals surface area contributed by atoms with Crippen LogP contribution in [0.15, 0.2) is 42.5 Å². The monoisotopic (exact) mass is 343 g/mol. The number of para-hydroxylation sites is 2. The lowest BCUT2D eigenvalue weighted by Crippen LogP contribution is -2.33. The maximum atomic E-state index is 13.9. The van der Waals surface area contributed by atoms with Gasteiger partial charge in [-0.05, 0) is 30.2 Å².